The summed E-state index contributed by atoms with van der Waals surface area (Å²) in [6.07, 6.45) is 2.43. The average Bonchev–Trinajstić information content (AvgIpc) is 3.43. The van der Waals surface area contributed by atoms with Crippen LogP contribution in [0.3, 0.4) is 0 Å². The number of hydrogen-bond donors (Lipinski definition) is 2. The van der Waals surface area contributed by atoms with E-state index in [1.54, 1.807) is 0 Å². The summed E-state index contributed by atoms with van der Waals surface area (Å²) in [5, 5.41) is 12.2. The molecule has 0 radical (unpaired) electrons. The van der Waals surface area contributed by atoms with E-state index in [1.807, 2.05) is 24.3 Å². The molecule has 34 heavy (non-hydrogen) atoms. The Bertz CT molecular complexity index is 1070. The van der Waals surface area contributed by atoms with Crippen molar-refractivity contribution < 1.29 is 24.2 Å². The maximum Gasteiger partial charge on any atom is 0.407 e. The molecule has 1 atom stereocenters. The first kappa shape index (κ1) is 22.8. The molecule has 1 saturated carbocycles. The first-order valence-corrected chi connectivity index (χ1v) is 12.8. The number of amides is 2. The fourth-order valence-electron chi connectivity index (χ4n) is 5.32. The first-order chi connectivity index (χ1) is 16.5. The number of nitrogens with one attached hydrogen (secondary N) is 1. The number of carboxylic acids is 1. The van der Waals surface area contributed by atoms with Crippen molar-refractivity contribution in [3.05, 3.63) is 59.7 Å². The Kier molecular flexibility index (Phi) is 6.25. The van der Waals surface area contributed by atoms with Gasteiger partial charge in [0, 0.05) is 24.6 Å². The smallest absolute Gasteiger partial charge is 0.407 e. The van der Waals surface area contributed by atoms with Gasteiger partial charge < -0.3 is 20.1 Å². The second-order valence-corrected chi connectivity index (χ2v) is 10.4. The molecule has 5 rings (SSSR count). The molecule has 1 saturated heterocycles. The molecule has 8 heteroatoms. The molecule has 3 aliphatic rings. The maximum absolute atomic E-state index is 12.9. The molecule has 0 bridgehead atoms. The summed E-state index contributed by atoms with van der Waals surface area (Å²) in [6, 6.07) is 15.6. The van der Waals surface area contributed by atoms with Gasteiger partial charge in [-0.2, -0.15) is 0 Å². The Morgan fingerprint density at radius 2 is 1.71 bits per heavy atom. The molecule has 2 amide bonds. The lowest BCUT2D eigenvalue weighted by Gasteiger charge is -2.42. The fourth-order valence-corrected chi connectivity index (χ4v) is 6.49. The number of carbonyl (C=O) groups excluding carboxylic acids is 2. The summed E-state index contributed by atoms with van der Waals surface area (Å²) < 4.78 is 5.63. The van der Waals surface area contributed by atoms with Crippen LogP contribution in [-0.2, 0) is 14.3 Å². The van der Waals surface area contributed by atoms with E-state index in [1.165, 1.54) is 27.8 Å². The van der Waals surface area contributed by atoms with E-state index in [2.05, 4.69) is 29.6 Å². The Morgan fingerprint density at radius 1 is 1.06 bits per heavy atom. The van der Waals surface area contributed by atoms with Crippen molar-refractivity contribution in [3.8, 4) is 11.1 Å². The van der Waals surface area contributed by atoms with Crippen molar-refractivity contribution in [2.75, 3.05) is 24.8 Å². The number of ether oxygens (including phenoxy) is 1. The van der Waals surface area contributed by atoms with Crippen LogP contribution in [0.15, 0.2) is 48.5 Å². The molecule has 0 spiro atoms. The Balaban J connectivity index is 1.17. The third kappa shape index (κ3) is 4.27. The van der Waals surface area contributed by atoms with Crippen LogP contribution >= 0.6 is 11.8 Å². The highest BCUT2D eigenvalue weighted by Crippen LogP contribution is 2.45. The fraction of sp³-hybridized carbons (Fsp3) is 0.423. The van der Waals surface area contributed by atoms with E-state index in [4.69, 9.17) is 4.74 Å². The zero-order valence-electron chi connectivity index (χ0n) is 18.9. The molecule has 0 aromatic heterocycles. The van der Waals surface area contributed by atoms with Crippen molar-refractivity contribution in [2.45, 2.75) is 37.6 Å². The van der Waals surface area contributed by atoms with Crippen LogP contribution in [-0.4, -0.2) is 58.8 Å². The number of thioether (sulfide) groups is 1. The summed E-state index contributed by atoms with van der Waals surface area (Å²) in [6.45, 7) is 0.602. The van der Waals surface area contributed by atoms with Gasteiger partial charge in [-0.05, 0) is 40.5 Å². The predicted octanol–water partition coefficient (Wildman–Crippen LogP) is 4.07. The van der Waals surface area contributed by atoms with Gasteiger partial charge in [-0.3, -0.25) is 4.79 Å². The summed E-state index contributed by atoms with van der Waals surface area (Å²) in [4.78, 5) is 38.3. The molecular weight excluding hydrogens is 452 g/mol. The van der Waals surface area contributed by atoms with Gasteiger partial charge in [0.15, 0.2) is 0 Å². The molecule has 2 N–H and O–H groups in total. The van der Waals surface area contributed by atoms with E-state index in [9.17, 15) is 19.5 Å². The molecule has 0 unspecified atom stereocenters. The van der Waals surface area contributed by atoms with Gasteiger partial charge in [0.25, 0.3) is 0 Å². The van der Waals surface area contributed by atoms with Gasteiger partial charge in [-0.25, -0.2) is 9.59 Å². The molecule has 1 aliphatic heterocycles. The molecular formula is C26H28N2O5S. The second kappa shape index (κ2) is 9.33. The highest BCUT2D eigenvalue weighted by molar-refractivity contribution is 7.99. The lowest BCUT2D eigenvalue weighted by Crippen LogP contribution is -2.48. The topological polar surface area (TPSA) is 95.9 Å². The van der Waals surface area contributed by atoms with Gasteiger partial charge in [0.05, 0.1) is 5.88 Å². The highest BCUT2D eigenvalue weighted by Gasteiger charge is 2.43. The van der Waals surface area contributed by atoms with Crippen molar-refractivity contribution in [2.24, 2.45) is 5.41 Å². The van der Waals surface area contributed by atoms with Gasteiger partial charge >= 0.3 is 12.1 Å². The summed E-state index contributed by atoms with van der Waals surface area (Å²) in [5.74, 6) is -0.278. The number of fused-ring (bicyclic) bond motifs is 3. The van der Waals surface area contributed by atoms with E-state index < -0.39 is 18.1 Å². The van der Waals surface area contributed by atoms with Crippen LogP contribution in [0.1, 0.15) is 42.7 Å². The molecule has 2 aliphatic carbocycles. The quantitative estimate of drug-likeness (QED) is 0.620. The van der Waals surface area contributed by atoms with Crippen molar-refractivity contribution in [3.63, 3.8) is 0 Å². The zero-order chi connectivity index (χ0) is 23.7. The number of hydrogen-bond acceptors (Lipinski definition) is 5. The summed E-state index contributed by atoms with van der Waals surface area (Å²) >= 11 is 1.46. The van der Waals surface area contributed by atoms with Gasteiger partial charge in [-0.1, -0.05) is 55.0 Å². The Morgan fingerprint density at radius 3 is 2.29 bits per heavy atom. The van der Waals surface area contributed by atoms with Crippen LogP contribution in [0.2, 0.25) is 0 Å². The number of carboxylic acid groups (broad SMARTS) is 1. The molecule has 1 heterocycles. The SMILES string of the molecule is O=C(NCC1(CC(=O)N2CSC[C@H]2C(=O)O)CCC1)OCC1c2ccccc2-c2ccccc21. The van der Waals surface area contributed by atoms with Crippen molar-refractivity contribution >= 4 is 29.7 Å². The van der Waals surface area contributed by atoms with Crippen molar-refractivity contribution in [1.29, 1.82) is 0 Å². The van der Waals surface area contributed by atoms with E-state index in [0.717, 1.165) is 30.4 Å². The molecule has 2 aromatic rings. The zero-order valence-corrected chi connectivity index (χ0v) is 19.7. The average molecular weight is 481 g/mol. The minimum absolute atomic E-state index is 0.00184. The largest absolute Gasteiger partial charge is 0.480 e. The molecule has 2 aromatic carbocycles. The third-order valence-corrected chi connectivity index (χ3v) is 8.39. The highest BCUT2D eigenvalue weighted by atomic mass is 32.2. The summed E-state index contributed by atoms with van der Waals surface area (Å²) in [5.41, 5.74) is 4.36. The van der Waals surface area contributed by atoms with E-state index in [-0.39, 0.29) is 30.3 Å². The van der Waals surface area contributed by atoms with Gasteiger partial charge in [-0.15, -0.1) is 11.8 Å². The van der Waals surface area contributed by atoms with Gasteiger partial charge in [0.1, 0.15) is 12.6 Å². The number of aliphatic carboxylic acids is 1. The number of alkyl carbamates (subject to hydrolysis) is 1. The van der Waals surface area contributed by atoms with Crippen LogP contribution < -0.4 is 5.32 Å². The Labute approximate surface area is 202 Å². The number of carbonyl (C=O) groups is 3. The van der Waals surface area contributed by atoms with Crippen LogP contribution in [0.4, 0.5) is 4.79 Å². The molecule has 2 fully saturated rings. The standard InChI is InChI=1S/C26H28N2O5S/c29-23(28-16-34-14-22(28)24(30)31)12-26(10-5-11-26)15-27-25(32)33-13-21-19-8-3-1-6-17(19)18-7-2-4-9-20(18)21/h1-4,6-9,21-22H,5,10-16H2,(H,27,32)(H,30,31)/t22-/m0/s1. The normalized spacial score (nSPS) is 20.2. The first-order valence-electron chi connectivity index (χ1n) is 11.7. The minimum Gasteiger partial charge on any atom is -0.480 e. The monoisotopic (exact) mass is 480 g/mol. The lowest BCUT2D eigenvalue weighted by molar-refractivity contribution is -0.149. The molecule has 178 valence electrons. The van der Waals surface area contributed by atoms with E-state index in [0.29, 0.717) is 18.2 Å². The van der Waals surface area contributed by atoms with Crippen molar-refractivity contribution in [1.82, 2.24) is 10.2 Å². The van der Waals surface area contributed by atoms with Crippen LogP contribution in [0, 0.1) is 5.41 Å². The lowest BCUT2D eigenvalue weighted by atomic mass is 9.66. The van der Waals surface area contributed by atoms with E-state index >= 15 is 0 Å². The third-order valence-electron chi connectivity index (χ3n) is 7.38. The number of benzene rings is 2. The minimum atomic E-state index is -0.960. The maximum atomic E-state index is 12.9. The number of rotatable bonds is 7. The predicted molar refractivity (Wildman–Crippen MR) is 130 cm³/mol. The Hall–Kier alpha value is -3.00. The second-order valence-electron chi connectivity index (χ2n) is 9.43. The molecule has 7 nitrogen and oxygen atoms in total. The van der Waals surface area contributed by atoms with Gasteiger partial charge in [0.2, 0.25) is 5.91 Å². The number of nitrogens with zero attached hydrogens (tertiary/aromatic N) is 1. The van der Waals surface area contributed by atoms with Crippen LogP contribution in [0.5, 0.6) is 0 Å². The van der Waals surface area contributed by atoms with Crippen LogP contribution in [0.25, 0.3) is 11.1 Å². The summed E-state index contributed by atoms with van der Waals surface area (Å²) in [7, 11) is 0.